The van der Waals surface area contributed by atoms with Gasteiger partial charge in [-0.3, -0.25) is 9.52 Å². The largest absolute Gasteiger partial charge is 0.320 e. The van der Waals surface area contributed by atoms with Crippen molar-refractivity contribution < 1.29 is 13.2 Å². The third-order valence-electron chi connectivity index (χ3n) is 6.72. The number of likely N-dealkylation sites (N-methyl/N-ethyl adjacent to an activating group) is 1. The third-order valence-corrected chi connectivity index (χ3v) is 8.02. The lowest BCUT2D eigenvalue weighted by Gasteiger charge is -2.31. The first-order valence-electron chi connectivity index (χ1n) is 10.7. The average Bonchev–Trinajstić information content (AvgIpc) is 3.17. The van der Waals surface area contributed by atoms with E-state index in [0.29, 0.717) is 17.6 Å². The lowest BCUT2D eigenvalue weighted by Crippen LogP contribution is -2.48. The van der Waals surface area contributed by atoms with Crippen molar-refractivity contribution in [2.45, 2.75) is 57.5 Å². The molecule has 0 aromatic heterocycles. The van der Waals surface area contributed by atoms with Crippen LogP contribution in [0.3, 0.4) is 0 Å². The van der Waals surface area contributed by atoms with Crippen LogP contribution >= 0.6 is 0 Å². The van der Waals surface area contributed by atoms with Crippen LogP contribution in [0.15, 0.2) is 30.5 Å². The second-order valence-corrected chi connectivity index (χ2v) is 10.6. The quantitative estimate of drug-likeness (QED) is 0.771. The lowest BCUT2D eigenvalue weighted by atomic mass is 9.79. The van der Waals surface area contributed by atoms with Gasteiger partial charge >= 0.3 is 0 Å². The molecule has 2 fully saturated rings. The predicted molar refractivity (Wildman–Crippen MR) is 116 cm³/mol. The summed E-state index contributed by atoms with van der Waals surface area (Å²) >= 11 is 0. The number of carbonyl (C=O) groups is 1. The molecule has 3 unspecified atom stereocenters. The summed E-state index contributed by atoms with van der Waals surface area (Å²) in [4.78, 5) is 14.5. The summed E-state index contributed by atoms with van der Waals surface area (Å²) in [6.07, 6.45) is 9.28. The molecule has 4 rings (SSSR count). The van der Waals surface area contributed by atoms with Crippen molar-refractivity contribution >= 4 is 27.2 Å². The van der Waals surface area contributed by atoms with Crippen molar-refractivity contribution in [1.82, 2.24) is 10.2 Å². The highest BCUT2D eigenvalue weighted by Crippen LogP contribution is 2.42. The van der Waals surface area contributed by atoms with Gasteiger partial charge in [0.05, 0.1) is 11.8 Å². The Balaban J connectivity index is 1.61. The maximum Gasteiger partial charge on any atom is 0.244 e. The molecule has 29 heavy (non-hydrogen) atoms. The van der Waals surface area contributed by atoms with Gasteiger partial charge in [-0.1, -0.05) is 31.4 Å². The highest BCUT2D eigenvalue weighted by atomic mass is 32.2. The zero-order valence-corrected chi connectivity index (χ0v) is 18.0. The Kier molecular flexibility index (Phi) is 5.71. The minimum Gasteiger partial charge on any atom is -0.320 e. The zero-order valence-electron chi connectivity index (χ0n) is 17.2. The summed E-state index contributed by atoms with van der Waals surface area (Å²) < 4.78 is 26.6. The molecule has 1 aliphatic carbocycles. The lowest BCUT2D eigenvalue weighted by molar-refractivity contribution is -0.130. The number of hydrogen-bond donors (Lipinski definition) is 2. The maximum atomic E-state index is 12.8. The molecule has 2 aliphatic heterocycles. The van der Waals surface area contributed by atoms with Crippen LogP contribution in [0, 0.1) is 11.8 Å². The number of benzene rings is 1. The van der Waals surface area contributed by atoms with E-state index in [1.807, 2.05) is 24.4 Å². The van der Waals surface area contributed by atoms with Gasteiger partial charge in [0.2, 0.25) is 15.9 Å². The van der Waals surface area contributed by atoms with E-state index in [-0.39, 0.29) is 23.6 Å². The first-order valence-corrected chi connectivity index (χ1v) is 12.4. The molecule has 2 N–H and O–H groups in total. The van der Waals surface area contributed by atoms with Gasteiger partial charge in [-0.05, 0) is 55.4 Å². The molecule has 2 heterocycles. The highest BCUT2D eigenvalue weighted by molar-refractivity contribution is 7.92. The molecule has 1 aromatic carbocycles. The van der Waals surface area contributed by atoms with E-state index < -0.39 is 10.0 Å². The van der Waals surface area contributed by atoms with E-state index in [9.17, 15) is 13.2 Å². The van der Waals surface area contributed by atoms with Gasteiger partial charge in [0, 0.05) is 30.9 Å². The van der Waals surface area contributed by atoms with E-state index in [4.69, 9.17) is 0 Å². The van der Waals surface area contributed by atoms with Gasteiger partial charge in [0.1, 0.15) is 0 Å². The molecule has 158 valence electrons. The first-order chi connectivity index (χ1) is 13.9. The minimum atomic E-state index is -3.33. The van der Waals surface area contributed by atoms with Crippen LogP contribution in [0.4, 0.5) is 5.69 Å². The molecule has 1 amide bonds. The Morgan fingerprint density at radius 1 is 1.21 bits per heavy atom. The van der Waals surface area contributed by atoms with Crippen molar-refractivity contribution in [2.75, 3.05) is 17.5 Å². The van der Waals surface area contributed by atoms with Crippen LogP contribution in [0.2, 0.25) is 0 Å². The monoisotopic (exact) mass is 417 g/mol. The number of hydrogen-bond acceptors (Lipinski definition) is 4. The smallest absolute Gasteiger partial charge is 0.244 e. The fourth-order valence-corrected chi connectivity index (χ4v) is 5.76. The van der Waals surface area contributed by atoms with Crippen LogP contribution in [-0.4, -0.2) is 44.1 Å². The molecule has 1 saturated carbocycles. The number of nitrogens with zero attached hydrogens (tertiary/aromatic N) is 1. The van der Waals surface area contributed by atoms with Gasteiger partial charge in [0.15, 0.2) is 0 Å². The predicted octanol–water partition coefficient (Wildman–Crippen LogP) is 3.19. The van der Waals surface area contributed by atoms with E-state index in [0.717, 1.165) is 17.6 Å². The molecular formula is C22H31N3O3S. The summed E-state index contributed by atoms with van der Waals surface area (Å²) in [5.74, 6) is 0.939. The molecule has 0 radical (unpaired) electrons. The van der Waals surface area contributed by atoms with Crippen molar-refractivity contribution in [3.63, 3.8) is 0 Å². The fourth-order valence-electron chi connectivity index (χ4n) is 5.13. The Bertz CT molecular complexity index is 906. The van der Waals surface area contributed by atoms with Crippen molar-refractivity contribution in [3.8, 4) is 0 Å². The minimum absolute atomic E-state index is 0.0366. The van der Waals surface area contributed by atoms with Crippen LogP contribution in [0.5, 0.6) is 0 Å². The normalized spacial score (nSPS) is 28.2. The Morgan fingerprint density at radius 2 is 1.97 bits per heavy atom. The summed E-state index contributed by atoms with van der Waals surface area (Å²) in [7, 11) is -1.52. The number of anilines is 1. The number of nitrogens with one attached hydrogen (secondary N) is 2. The SMILES string of the molecule is CCS(=O)(=O)Nc1cccc(C2=CN(C)C(=O)C3NC(C4CCCCC4)CC23)c1. The summed E-state index contributed by atoms with van der Waals surface area (Å²) in [5.41, 5.74) is 2.65. The summed E-state index contributed by atoms with van der Waals surface area (Å²) in [6, 6.07) is 7.71. The number of fused-ring (bicyclic) bond motifs is 1. The highest BCUT2D eigenvalue weighted by Gasteiger charge is 2.46. The molecule has 7 heteroatoms. The molecule has 0 bridgehead atoms. The number of sulfonamides is 1. The molecule has 1 aromatic rings. The Labute approximate surface area is 173 Å². The molecule has 1 saturated heterocycles. The molecule has 3 atom stereocenters. The van der Waals surface area contributed by atoms with Gasteiger partial charge in [-0.25, -0.2) is 8.42 Å². The summed E-state index contributed by atoms with van der Waals surface area (Å²) in [5, 5.41) is 3.66. The fraction of sp³-hybridized carbons (Fsp3) is 0.591. The zero-order chi connectivity index (χ0) is 20.6. The van der Waals surface area contributed by atoms with Gasteiger partial charge in [0.25, 0.3) is 0 Å². The topological polar surface area (TPSA) is 78.5 Å². The third kappa shape index (κ3) is 4.21. The van der Waals surface area contributed by atoms with Gasteiger partial charge in [-0.2, -0.15) is 0 Å². The number of amides is 1. The second-order valence-electron chi connectivity index (χ2n) is 8.61. The van der Waals surface area contributed by atoms with Crippen molar-refractivity contribution in [2.24, 2.45) is 11.8 Å². The van der Waals surface area contributed by atoms with Crippen molar-refractivity contribution in [3.05, 3.63) is 36.0 Å². The van der Waals surface area contributed by atoms with Crippen LogP contribution < -0.4 is 10.0 Å². The Morgan fingerprint density at radius 3 is 2.69 bits per heavy atom. The van der Waals surface area contributed by atoms with Crippen molar-refractivity contribution in [1.29, 1.82) is 0 Å². The molecule has 3 aliphatic rings. The van der Waals surface area contributed by atoms with E-state index in [1.165, 1.54) is 32.1 Å². The number of carbonyl (C=O) groups excluding carboxylic acids is 1. The second kappa shape index (κ2) is 8.11. The molecular weight excluding hydrogens is 386 g/mol. The molecule has 6 nitrogen and oxygen atoms in total. The van der Waals surface area contributed by atoms with Crippen LogP contribution in [0.1, 0.15) is 51.0 Å². The number of rotatable bonds is 5. The molecule has 0 spiro atoms. The van der Waals surface area contributed by atoms with Crippen LogP contribution in [-0.2, 0) is 14.8 Å². The maximum absolute atomic E-state index is 12.8. The summed E-state index contributed by atoms with van der Waals surface area (Å²) in [6.45, 7) is 1.62. The van der Waals surface area contributed by atoms with Crippen LogP contribution in [0.25, 0.3) is 5.57 Å². The van der Waals surface area contributed by atoms with E-state index >= 15 is 0 Å². The van der Waals surface area contributed by atoms with E-state index in [1.54, 1.807) is 24.9 Å². The van der Waals surface area contributed by atoms with Gasteiger partial charge in [-0.15, -0.1) is 0 Å². The Hall–Kier alpha value is -1.86. The first kappa shape index (κ1) is 20.4. The van der Waals surface area contributed by atoms with E-state index in [2.05, 4.69) is 10.0 Å². The van der Waals surface area contributed by atoms with Gasteiger partial charge < -0.3 is 10.2 Å². The average molecular weight is 418 g/mol. The standard InChI is InChI=1S/C22H31N3O3S/c1-3-29(27,28)24-17-11-7-10-16(12-17)19-14-25(2)22(26)21-18(19)13-20(23-21)15-8-5-4-6-9-15/h7,10-12,14-15,18,20-21,23-24H,3-6,8-9,13H2,1-2H3.